The average Bonchev–Trinajstić information content (AvgIpc) is 2.41. The number of nitrogens with zero attached hydrogens (tertiary/aromatic N) is 1. The van der Waals surface area contributed by atoms with Gasteiger partial charge in [0.1, 0.15) is 5.60 Å². The molecule has 1 amide bonds. The van der Waals surface area contributed by atoms with Crippen molar-refractivity contribution >= 4 is 11.9 Å². The van der Waals surface area contributed by atoms with Crippen LogP contribution in [0, 0.1) is 5.41 Å². The van der Waals surface area contributed by atoms with E-state index in [0.29, 0.717) is 13.1 Å². The first-order chi connectivity index (χ1) is 10.4. The van der Waals surface area contributed by atoms with E-state index < -0.39 is 11.6 Å². The molecule has 0 spiro atoms. The molecule has 1 rings (SSSR count). The van der Waals surface area contributed by atoms with Crippen molar-refractivity contribution in [1.82, 2.24) is 10.2 Å². The van der Waals surface area contributed by atoms with Crippen LogP contribution in [0.1, 0.15) is 54.4 Å². The molecule has 6 nitrogen and oxygen atoms in total. The highest BCUT2D eigenvalue weighted by atomic mass is 16.6. The van der Waals surface area contributed by atoms with Gasteiger partial charge in [-0.2, -0.15) is 0 Å². The molecule has 23 heavy (non-hydrogen) atoms. The number of piperidine rings is 1. The minimum Gasteiger partial charge on any atom is -0.444 e. The van der Waals surface area contributed by atoms with E-state index in [1.54, 1.807) is 4.90 Å². The van der Waals surface area contributed by atoms with Gasteiger partial charge in [-0.25, -0.2) is 4.79 Å². The van der Waals surface area contributed by atoms with Gasteiger partial charge in [0, 0.05) is 19.1 Å². The van der Waals surface area contributed by atoms with Crippen molar-refractivity contribution in [2.24, 2.45) is 11.1 Å². The molecule has 1 unspecified atom stereocenters. The lowest BCUT2D eigenvalue weighted by atomic mass is 9.85. The summed E-state index contributed by atoms with van der Waals surface area (Å²) in [4.78, 5) is 25.8. The number of carbonyl (C=O) groups is 2. The Morgan fingerprint density at radius 2 is 1.70 bits per heavy atom. The summed E-state index contributed by atoms with van der Waals surface area (Å²) in [5.41, 5.74) is 5.28. The highest BCUT2D eigenvalue weighted by Crippen LogP contribution is 2.18. The summed E-state index contributed by atoms with van der Waals surface area (Å²) < 4.78 is 5.38. The molecule has 0 aliphatic carbocycles. The van der Waals surface area contributed by atoms with Crippen molar-refractivity contribution in [3.05, 3.63) is 0 Å². The number of hydrogen-bond acceptors (Lipinski definition) is 5. The van der Waals surface area contributed by atoms with Gasteiger partial charge in [-0.1, -0.05) is 20.8 Å². The Bertz CT molecular complexity index is 416. The smallest absolute Gasteiger partial charge is 0.410 e. The van der Waals surface area contributed by atoms with Gasteiger partial charge in [-0.05, 0) is 39.0 Å². The van der Waals surface area contributed by atoms with E-state index in [1.165, 1.54) is 0 Å². The van der Waals surface area contributed by atoms with Crippen LogP contribution in [0.4, 0.5) is 4.79 Å². The van der Waals surface area contributed by atoms with Crippen molar-refractivity contribution in [2.75, 3.05) is 19.6 Å². The normalized spacial score (nSPS) is 18.7. The second kappa shape index (κ2) is 7.62. The number of carbonyl (C=O) groups excluding carboxylic acids is 2. The molecule has 1 atom stereocenters. The zero-order valence-electron chi connectivity index (χ0n) is 15.4. The summed E-state index contributed by atoms with van der Waals surface area (Å²) in [6.45, 7) is 13.1. The first kappa shape index (κ1) is 19.9. The van der Waals surface area contributed by atoms with E-state index in [0.717, 1.165) is 12.8 Å². The van der Waals surface area contributed by atoms with Gasteiger partial charge in [-0.15, -0.1) is 0 Å². The first-order valence-electron chi connectivity index (χ1n) is 8.40. The van der Waals surface area contributed by atoms with Gasteiger partial charge in [0.05, 0.1) is 12.6 Å². The second-order valence-electron chi connectivity index (χ2n) is 8.43. The third-order valence-electron chi connectivity index (χ3n) is 3.99. The molecule has 0 saturated carbocycles. The lowest BCUT2D eigenvalue weighted by Crippen LogP contribution is -2.50. The lowest BCUT2D eigenvalue weighted by Gasteiger charge is -2.34. The van der Waals surface area contributed by atoms with E-state index in [9.17, 15) is 9.59 Å². The quantitative estimate of drug-likeness (QED) is 0.824. The number of amides is 1. The fraction of sp³-hybridized carbons (Fsp3) is 0.882. The van der Waals surface area contributed by atoms with Crippen molar-refractivity contribution < 1.29 is 14.3 Å². The Kier molecular flexibility index (Phi) is 6.59. The first-order valence-corrected chi connectivity index (χ1v) is 8.40. The van der Waals surface area contributed by atoms with Gasteiger partial charge < -0.3 is 20.7 Å². The summed E-state index contributed by atoms with van der Waals surface area (Å²) in [5.74, 6) is 0.0343. The molecule has 0 aromatic rings. The minimum absolute atomic E-state index is 0.0343. The van der Waals surface area contributed by atoms with Crippen LogP contribution in [0.5, 0.6) is 0 Å². The second-order valence-corrected chi connectivity index (χ2v) is 8.43. The Balaban J connectivity index is 2.35. The topological polar surface area (TPSA) is 84.7 Å². The monoisotopic (exact) mass is 327 g/mol. The van der Waals surface area contributed by atoms with Gasteiger partial charge in [0.2, 0.25) is 0 Å². The third kappa shape index (κ3) is 6.87. The summed E-state index contributed by atoms with van der Waals surface area (Å²) in [6, 6.07) is -0.221. The average molecular weight is 327 g/mol. The molecular weight excluding hydrogens is 294 g/mol. The Morgan fingerprint density at radius 1 is 1.17 bits per heavy atom. The molecule has 0 aromatic heterocycles. The molecule has 0 bridgehead atoms. The molecular formula is C17H33N3O3. The van der Waals surface area contributed by atoms with Crippen LogP contribution in [0.25, 0.3) is 0 Å². The minimum atomic E-state index is -0.471. The predicted molar refractivity (Wildman–Crippen MR) is 91.3 cm³/mol. The number of likely N-dealkylation sites (tertiary alicyclic amines) is 1. The molecule has 6 heteroatoms. The molecule has 0 aromatic carbocycles. The van der Waals surface area contributed by atoms with Crippen LogP contribution >= 0.6 is 0 Å². The van der Waals surface area contributed by atoms with E-state index in [2.05, 4.69) is 5.32 Å². The molecule has 3 N–H and O–H groups in total. The lowest BCUT2D eigenvalue weighted by molar-refractivity contribution is -0.121. The molecule has 1 fully saturated rings. The van der Waals surface area contributed by atoms with Gasteiger partial charge in [0.25, 0.3) is 0 Å². The van der Waals surface area contributed by atoms with Gasteiger partial charge in [-0.3, -0.25) is 4.79 Å². The van der Waals surface area contributed by atoms with Crippen LogP contribution in [0.2, 0.25) is 0 Å². The summed E-state index contributed by atoms with van der Waals surface area (Å²) in [7, 11) is 0. The molecule has 0 radical (unpaired) electrons. The highest BCUT2D eigenvalue weighted by Gasteiger charge is 2.29. The van der Waals surface area contributed by atoms with Gasteiger partial charge >= 0.3 is 6.09 Å². The van der Waals surface area contributed by atoms with Gasteiger partial charge in [0.15, 0.2) is 5.78 Å². The fourth-order valence-electron chi connectivity index (χ4n) is 2.43. The van der Waals surface area contributed by atoms with E-state index >= 15 is 0 Å². The van der Waals surface area contributed by atoms with E-state index in [4.69, 9.17) is 10.5 Å². The van der Waals surface area contributed by atoms with E-state index in [1.807, 2.05) is 41.5 Å². The van der Waals surface area contributed by atoms with Crippen LogP contribution < -0.4 is 11.1 Å². The molecule has 1 aliphatic rings. The number of ether oxygens (including phenoxy) is 1. The van der Waals surface area contributed by atoms with Crippen LogP contribution in [0.15, 0.2) is 0 Å². The summed E-state index contributed by atoms with van der Waals surface area (Å²) >= 11 is 0. The van der Waals surface area contributed by atoms with E-state index in [-0.39, 0.29) is 29.9 Å². The van der Waals surface area contributed by atoms with Crippen LogP contribution in [-0.4, -0.2) is 54.1 Å². The third-order valence-corrected chi connectivity index (χ3v) is 3.99. The summed E-state index contributed by atoms with van der Waals surface area (Å²) in [6.07, 6.45) is 1.37. The maximum Gasteiger partial charge on any atom is 0.410 e. The standard InChI is InChI=1S/C17H33N3O3/c1-16(2,3)14(18)13(21)11-19-12-7-9-20(10-8-12)15(22)23-17(4,5)6/h12,14,19H,7-11,18H2,1-6H3. The number of rotatable bonds is 4. The Labute approximate surface area is 140 Å². The zero-order chi connectivity index (χ0) is 17.8. The molecule has 134 valence electrons. The highest BCUT2D eigenvalue weighted by molar-refractivity contribution is 5.86. The van der Waals surface area contributed by atoms with Crippen molar-refractivity contribution in [1.29, 1.82) is 0 Å². The maximum atomic E-state index is 12.1. The fourth-order valence-corrected chi connectivity index (χ4v) is 2.43. The number of nitrogens with two attached hydrogens (primary N) is 1. The van der Waals surface area contributed by atoms with Crippen molar-refractivity contribution in [3.63, 3.8) is 0 Å². The predicted octanol–water partition coefficient (Wildman–Crippen LogP) is 1.92. The largest absolute Gasteiger partial charge is 0.444 e. The molecule has 1 saturated heterocycles. The maximum absolute atomic E-state index is 12.1. The number of ketones is 1. The Hall–Kier alpha value is -1.14. The SMILES string of the molecule is CC(C)(C)OC(=O)N1CCC(NCC(=O)C(N)C(C)(C)C)CC1. The zero-order valence-corrected chi connectivity index (χ0v) is 15.4. The number of Topliss-reactive ketones (excluding diaryl/α,β-unsaturated/α-hetero) is 1. The molecule has 1 aliphatic heterocycles. The number of hydrogen-bond donors (Lipinski definition) is 2. The summed E-state index contributed by atoms with van der Waals surface area (Å²) in [5, 5.41) is 3.27. The Morgan fingerprint density at radius 3 is 2.13 bits per heavy atom. The number of nitrogens with one attached hydrogen (secondary N) is 1. The van der Waals surface area contributed by atoms with Crippen molar-refractivity contribution in [3.8, 4) is 0 Å². The molecule has 1 heterocycles. The van der Waals surface area contributed by atoms with Crippen LogP contribution in [-0.2, 0) is 9.53 Å². The van der Waals surface area contributed by atoms with Crippen molar-refractivity contribution in [2.45, 2.75) is 72.1 Å². The van der Waals surface area contributed by atoms with Crippen LogP contribution in [0.3, 0.4) is 0 Å².